The second kappa shape index (κ2) is 7.12. The van der Waals surface area contributed by atoms with Crippen LogP contribution >= 0.6 is 0 Å². The number of nitrogens with one attached hydrogen (secondary N) is 1. The van der Waals surface area contributed by atoms with E-state index in [0.717, 1.165) is 12.8 Å². The maximum Gasteiger partial charge on any atom is 0.278 e. The molecule has 0 radical (unpaired) electrons. The smallest absolute Gasteiger partial charge is 0.278 e. The van der Waals surface area contributed by atoms with Crippen LogP contribution in [0.3, 0.4) is 0 Å². The Bertz CT molecular complexity index is 776. The first-order valence-corrected chi connectivity index (χ1v) is 7.67. The number of likely N-dealkylation sites (tertiary alicyclic amines) is 1. The standard InChI is InChI=1S/C16H18N4O4/c1-23-14-15(19-8-7-18-14)24-11-4-3-9-20(10-11)16(22)12-5-2-6-17-13(12)21/h2,5-8,11H,3-4,9-10H2,1H3,(H,17,21). The van der Waals surface area contributed by atoms with Gasteiger partial charge < -0.3 is 19.4 Å². The van der Waals surface area contributed by atoms with Crippen molar-refractivity contribution in [1.29, 1.82) is 0 Å². The van der Waals surface area contributed by atoms with E-state index in [4.69, 9.17) is 9.47 Å². The van der Waals surface area contributed by atoms with Gasteiger partial charge in [-0.2, -0.15) is 0 Å². The average Bonchev–Trinajstić information content (AvgIpc) is 2.62. The van der Waals surface area contributed by atoms with E-state index < -0.39 is 0 Å². The van der Waals surface area contributed by atoms with Crippen molar-refractivity contribution in [2.75, 3.05) is 20.2 Å². The number of carbonyl (C=O) groups is 1. The van der Waals surface area contributed by atoms with Gasteiger partial charge in [-0.15, -0.1) is 0 Å². The molecule has 1 unspecified atom stereocenters. The highest BCUT2D eigenvalue weighted by molar-refractivity contribution is 5.93. The second-order valence-corrected chi connectivity index (χ2v) is 5.42. The summed E-state index contributed by atoms with van der Waals surface area (Å²) in [4.78, 5) is 36.6. The molecule has 1 fully saturated rings. The van der Waals surface area contributed by atoms with Crippen molar-refractivity contribution in [3.63, 3.8) is 0 Å². The van der Waals surface area contributed by atoms with E-state index in [2.05, 4.69) is 15.0 Å². The zero-order valence-electron chi connectivity index (χ0n) is 13.3. The number of methoxy groups -OCH3 is 1. The van der Waals surface area contributed by atoms with Crippen molar-refractivity contribution in [1.82, 2.24) is 19.9 Å². The number of nitrogens with zero attached hydrogens (tertiary/aromatic N) is 3. The normalized spacial score (nSPS) is 17.4. The number of piperidine rings is 1. The Hall–Kier alpha value is -2.90. The van der Waals surface area contributed by atoms with E-state index in [1.165, 1.54) is 31.8 Å². The maximum atomic E-state index is 12.5. The Labute approximate surface area is 138 Å². The largest absolute Gasteiger partial charge is 0.477 e. The molecule has 0 saturated carbocycles. The van der Waals surface area contributed by atoms with Gasteiger partial charge in [0.2, 0.25) is 0 Å². The molecule has 2 aromatic heterocycles. The van der Waals surface area contributed by atoms with Gasteiger partial charge in [0.05, 0.1) is 13.7 Å². The molecule has 0 bridgehead atoms. The van der Waals surface area contributed by atoms with E-state index in [9.17, 15) is 9.59 Å². The quantitative estimate of drug-likeness (QED) is 0.893. The van der Waals surface area contributed by atoms with Gasteiger partial charge in [0.1, 0.15) is 11.7 Å². The van der Waals surface area contributed by atoms with Crippen LogP contribution in [0, 0.1) is 0 Å². The molecule has 0 aromatic carbocycles. The summed E-state index contributed by atoms with van der Waals surface area (Å²) in [5, 5.41) is 0. The van der Waals surface area contributed by atoms with Crippen molar-refractivity contribution in [3.05, 3.63) is 46.6 Å². The van der Waals surface area contributed by atoms with Crippen molar-refractivity contribution >= 4 is 5.91 Å². The third-order valence-corrected chi connectivity index (χ3v) is 3.82. The molecule has 0 aliphatic carbocycles. The van der Waals surface area contributed by atoms with Crippen molar-refractivity contribution < 1.29 is 14.3 Å². The van der Waals surface area contributed by atoms with Crippen LogP contribution in [0.4, 0.5) is 0 Å². The monoisotopic (exact) mass is 330 g/mol. The van der Waals surface area contributed by atoms with Crippen LogP contribution in [0.5, 0.6) is 11.8 Å². The number of carbonyl (C=O) groups excluding carboxylic acids is 1. The van der Waals surface area contributed by atoms with Gasteiger partial charge in [-0.25, -0.2) is 9.97 Å². The van der Waals surface area contributed by atoms with Gasteiger partial charge in [-0.1, -0.05) is 0 Å². The number of aromatic amines is 1. The molecule has 1 aliphatic rings. The summed E-state index contributed by atoms with van der Waals surface area (Å²) in [7, 11) is 1.50. The van der Waals surface area contributed by atoms with Crippen LogP contribution in [0.25, 0.3) is 0 Å². The first kappa shape index (κ1) is 16.0. The third kappa shape index (κ3) is 3.37. The van der Waals surface area contributed by atoms with Gasteiger partial charge in [0, 0.05) is 25.1 Å². The number of amides is 1. The second-order valence-electron chi connectivity index (χ2n) is 5.42. The van der Waals surface area contributed by atoms with Crippen molar-refractivity contribution in [2.45, 2.75) is 18.9 Å². The minimum Gasteiger partial charge on any atom is -0.477 e. The molecule has 1 atom stereocenters. The molecule has 1 amide bonds. The van der Waals surface area contributed by atoms with Crippen LogP contribution in [0.1, 0.15) is 23.2 Å². The van der Waals surface area contributed by atoms with Crippen molar-refractivity contribution in [2.24, 2.45) is 0 Å². The molecule has 24 heavy (non-hydrogen) atoms. The lowest BCUT2D eigenvalue weighted by Gasteiger charge is -2.32. The molecular weight excluding hydrogens is 312 g/mol. The highest BCUT2D eigenvalue weighted by atomic mass is 16.5. The molecule has 3 heterocycles. The van der Waals surface area contributed by atoms with E-state index >= 15 is 0 Å². The summed E-state index contributed by atoms with van der Waals surface area (Å²) in [5.74, 6) is 0.313. The summed E-state index contributed by atoms with van der Waals surface area (Å²) in [5.41, 5.74) is -0.253. The van der Waals surface area contributed by atoms with Crippen LogP contribution in [-0.2, 0) is 0 Å². The number of H-pyrrole nitrogens is 1. The fourth-order valence-corrected chi connectivity index (χ4v) is 2.67. The average molecular weight is 330 g/mol. The molecule has 2 aromatic rings. The van der Waals surface area contributed by atoms with Gasteiger partial charge >= 0.3 is 0 Å². The molecular formula is C16H18N4O4. The molecule has 1 aliphatic heterocycles. The third-order valence-electron chi connectivity index (χ3n) is 3.82. The van der Waals surface area contributed by atoms with Gasteiger partial charge in [-0.05, 0) is 25.0 Å². The minimum atomic E-state index is -0.388. The number of hydrogen-bond acceptors (Lipinski definition) is 6. The number of pyridine rings is 1. The first-order chi connectivity index (χ1) is 11.7. The number of aromatic nitrogens is 3. The Morgan fingerprint density at radius 2 is 2.12 bits per heavy atom. The maximum absolute atomic E-state index is 12.5. The SMILES string of the molecule is COc1nccnc1OC1CCCN(C(=O)c2ccc[nH]c2=O)C1. The zero-order valence-corrected chi connectivity index (χ0v) is 13.3. The summed E-state index contributed by atoms with van der Waals surface area (Å²) < 4.78 is 11.0. The summed E-state index contributed by atoms with van der Waals surface area (Å²) >= 11 is 0. The summed E-state index contributed by atoms with van der Waals surface area (Å²) in [6.45, 7) is 0.970. The summed E-state index contributed by atoms with van der Waals surface area (Å²) in [6, 6.07) is 3.16. The van der Waals surface area contributed by atoms with Gasteiger partial charge in [0.25, 0.3) is 23.2 Å². The van der Waals surface area contributed by atoms with Crippen LogP contribution < -0.4 is 15.0 Å². The first-order valence-electron chi connectivity index (χ1n) is 7.67. The highest BCUT2D eigenvalue weighted by Gasteiger charge is 2.27. The molecule has 3 rings (SSSR count). The molecule has 1 N–H and O–H groups in total. The molecule has 1 saturated heterocycles. The number of rotatable bonds is 4. The summed E-state index contributed by atoms with van der Waals surface area (Å²) in [6.07, 6.45) is 5.88. The van der Waals surface area contributed by atoms with Crippen LogP contribution in [0.15, 0.2) is 35.5 Å². The highest BCUT2D eigenvalue weighted by Crippen LogP contribution is 2.24. The van der Waals surface area contributed by atoms with E-state index in [1.54, 1.807) is 11.0 Å². The predicted molar refractivity (Wildman–Crippen MR) is 85.2 cm³/mol. The molecule has 126 valence electrons. The van der Waals surface area contributed by atoms with E-state index in [-0.39, 0.29) is 23.1 Å². The lowest BCUT2D eigenvalue weighted by atomic mass is 10.1. The van der Waals surface area contributed by atoms with E-state index in [1.807, 2.05) is 0 Å². The fraction of sp³-hybridized carbons (Fsp3) is 0.375. The Morgan fingerprint density at radius 1 is 1.33 bits per heavy atom. The number of ether oxygens (including phenoxy) is 2. The van der Waals surface area contributed by atoms with Gasteiger partial charge in [-0.3, -0.25) is 9.59 Å². The molecule has 8 heteroatoms. The van der Waals surface area contributed by atoms with Crippen LogP contribution in [0.2, 0.25) is 0 Å². The van der Waals surface area contributed by atoms with E-state index in [0.29, 0.717) is 24.8 Å². The predicted octanol–water partition coefficient (Wildman–Crippen LogP) is 0.857. The Kier molecular flexibility index (Phi) is 4.74. The van der Waals surface area contributed by atoms with Crippen LogP contribution in [-0.4, -0.2) is 52.1 Å². The number of hydrogen-bond donors (Lipinski definition) is 1. The zero-order chi connectivity index (χ0) is 16.9. The Balaban J connectivity index is 1.72. The molecule has 8 nitrogen and oxygen atoms in total. The minimum absolute atomic E-state index is 0.134. The lowest BCUT2D eigenvalue weighted by Crippen LogP contribution is -2.45. The Morgan fingerprint density at radius 3 is 2.88 bits per heavy atom. The fourth-order valence-electron chi connectivity index (χ4n) is 2.67. The molecule has 0 spiro atoms. The lowest BCUT2D eigenvalue weighted by molar-refractivity contribution is 0.0517. The van der Waals surface area contributed by atoms with Gasteiger partial charge in [0.15, 0.2) is 0 Å². The topological polar surface area (TPSA) is 97.4 Å². The van der Waals surface area contributed by atoms with Crippen molar-refractivity contribution in [3.8, 4) is 11.8 Å².